The van der Waals surface area contributed by atoms with E-state index in [4.69, 9.17) is 0 Å². The molecule has 0 radical (unpaired) electrons. The largest absolute Gasteiger partial charge is 0.317 e. The Bertz CT molecular complexity index is 1000. The number of nitrogens with zero attached hydrogens (tertiary/aromatic N) is 5. The number of rotatable bonds is 5. The van der Waals surface area contributed by atoms with E-state index in [0.29, 0.717) is 18.5 Å². The predicted octanol–water partition coefficient (Wildman–Crippen LogP) is 1.10. The summed E-state index contributed by atoms with van der Waals surface area (Å²) in [5.74, 6) is 0. The zero-order chi connectivity index (χ0) is 17.4. The molecule has 3 aromatic rings. The maximum atomic E-state index is 13.1. The van der Waals surface area contributed by atoms with Gasteiger partial charge in [0.2, 0.25) is 0 Å². The second kappa shape index (κ2) is 5.80. The van der Waals surface area contributed by atoms with E-state index in [2.05, 4.69) is 10.1 Å². The molecule has 0 amide bonds. The van der Waals surface area contributed by atoms with Gasteiger partial charge in [-0.15, -0.1) is 0 Å². The van der Waals surface area contributed by atoms with Gasteiger partial charge in [-0.05, 0) is 31.0 Å². The standard InChI is InChI=1S/C17H16FN5O2/c18-12-17(4-5-17)22-9-8-21(15(24)16(22)25)11-13-2-3-14(10-19-13)23-7-1-6-20-23/h1-3,6-10H,4-5,11-12H2. The first-order valence-electron chi connectivity index (χ1n) is 7.96. The number of alkyl halides is 1. The lowest BCUT2D eigenvalue weighted by atomic mass is 10.3. The van der Waals surface area contributed by atoms with E-state index in [9.17, 15) is 14.0 Å². The monoisotopic (exact) mass is 341 g/mol. The Kier molecular flexibility index (Phi) is 3.60. The third-order valence-electron chi connectivity index (χ3n) is 4.56. The van der Waals surface area contributed by atoms with Crippen molar-refractivity contribution in [3.05, 3.63) is 75.6 Å². The minimum atomic E-state index is -0.807. The van der Waals surface area contributed by atoms with Crippen molar-refractivity contribution in [3.8, 4) is 5.69 Å². The number of halogens is 1. The van der Waals surface area contributed by atoms with Gasteiger partial charge in [0.05, 0.1) is 29.7 Å². The highest BCUT2D eigenvalue weighted by Gasteiger charge is 2.45. The molecule has 0 atom stereocenters. The highest BCUT2D eigenvalue weighted by atomic mass is 19.1. The summed E-state index contributed by atoms with van der Waals surface area (Å²) in [4.78, 5) is 28.9. The summed E-state index contributed by atoms with van der Waals surface area (Å²) in [6, 6.07) is 5.43. The first kappa shape index (κ1) is 15.5. The molecule has 4 rings (SSSR count). The average molecular weight is 341 g/mol. The number of pyridine rings is 1. The molecule has 0 unspecified atom stereocenters. The second-order valence-corrected chi connectivity index (χ2v) is 6.22. The van der Waals surface area contributed by atoms with Crippen LogP contribution in [0.3, 0.4) is 0 Å². The molecule has 7 nitrogen and oxygen atoms in total. The molecule has 128 valence electrons. The van der Waals surface area contributed by atoms with Crippen molar-refractivity contribution in [2.24, 2.45) is 0 Å². The molecule has 0 N–H and O–H groups in total. The van der Waals surface area contributed by atoms with Crippen LogP contribution in [-0.2, 0) is 12.1 Å². The van der Waals surface area contributed by atoms with Gasteiger partial charge in [-0.1, -0.05) is 0 Å². The van der Waals surface area contributed by atoms with Crippen LogP contribution in [0, 0.1) is 0 Å². The first-order chi connectivity index (χ1) is 12.1. The third kappa shape index (κ3) is 2.69. The molecule has 8 heteroatoms. The molecule has 0 aromatic carbocycles. The number of aromatic nitrogens is 5. The molecular formula is C17H16FN5O2. The molecule has 0 aliphatic heterocycles. The molecular weight excluding hydrogens is 325 g/mol. The zero-order valence-electron chi connectivity index (χ0n) is 13.4. The van der Waals surface area contributed by atoms with Gasteiger partial charge in [-0.25, -0.2) is 9.07 Å². The maximum absolute atomic E-state index is 13.1. The highest BCUT2D eigenvalue weighted by molar-refractivity contribution is 5.28. The minimum Gasteiger partial charge on any atom is -0.303 e. The van der Waals surface area contributed by atoms with Crippen LogP contribution in [0.4, 0.5) is 4.39 Å². The van der Waals surface area contributed by atoms with Crippen molar-refractivity contribution in [1.29, 1.82) is 0 Å². The van der Waals surface area contributed by atoms with Crippen molar-refractivity contribution in [1.82, 2.24) is 23.9 Å². The summed E-state index contributed by atoms with van der Waals surface area (Å²) < 4.78 is 17.4. The molecule has 1 aliphatic rings. The predicted molar refractivity (Wildman–Crippen MR) is 88.6 cm³/mol. The fourth-order valence-corrected chi connectivity index (χ4v) is 2.83. The van der Waals surface area contributed by atoms with E-state index in [1.807, 2.05) is 12.1 Å². The molecule has 25 heavy (non-hydrogen) atoms. The lowest BCUT2D eigenvalue weighted by molar-refractivity contribution is 0.326. The van der Waals surface area contributed by atoms with Gasteiger partial charge in [0.1, 0.15) is 6.67 Å². The normalized spacial score (nSPS) is 15.2. The SMILES string of the molecule is O=c1c(=O)n(C2(CF)CC2)ccn1Cc1ccc(-n2cccn2)cn1. The van der Waals surface area contributed by atoms with E-state index in [-0.39, 0.29) is 6.54 Å². The summed E-state index contributed by atoms with van der Waals surface area (Å²) in [6.45, 7) is -0.455. The summed E-state index contributed by atoms with van der Waals surface area (Å²) in [5, 5.41) is 4.12. The maximum Gasteiger partial charge on any atom is 0.317 e. The van der Waals surface area contributed by atoms with Crippen molar-refractivity contribution < 1.29 is 4.39 Å². The molecule has 0 spiro atoms. The van der Waals surface area contributed by atoms with Gasteiger partial charge in [-0.3, -0.25) is 14.6 Å². The van der Waals surface area contributed by atoms with Gasteiger partial charge < -0.3 is 9.13 Å². The Morgan fingerprint density at radius 3 is 2.56 bits per heavy atom. The minimum absolute atomic E-state index is 0.178. The quantitative estimate of drug-likeness (QED) is 0.651. The Morgan fingerprint density at radius 1 is 1.12 bits per heavy atom. The van der Waals surface area contributed by atoms with Gasteiger partial charge in [0, 0.05) is 24.8 Å². The van der Waals surface area contributed by atoms with Crippen molar-refractivity contribution in [2.75, 3.05) is 6.67 Å². The van der Waals surface area contributed by atoms with Crippen LogP contribution in [0.25, 0.3) is 5.69 Å². The van der Waals surface area contributed by atoms with Gasteiger partial charge in [0.25, 0.3) is 0 Å². The number of hydrogen-bond acceptors (Lipinski definition) is 4. The van der Waals surface area contributed by atoms with E-state index >= 15 is 0 Å². The summed E-state index contributed by atoms with van der Waals surface area (Å²) in [7, 11) is 0. The van der Waals surface area contributed by atoms with E-state index in [1.165, 1.54) is 21.5 Å². The highest BCUT2D eigenvalue weighted by Crippen LogP contribution is 2.42. The molecule has 3 aromatic heterocycles. The van der Waals surface area contributed by atoms with E-state index < -0.39 is 23.3 Å². The van der Waals surface area contributed by atoms with Crippen LogP contribution in [-0.4, -0.2) is 30.6 Å². The first-order valence-corrected chi connectivity index (χ1v) is 7.96. The Hall–Kier alpha value is -3.03. The van der Waals surface area contributed by atoms with E-state index in [1.54, 1.807) is 29.3 Å². The molecule has 1 saturated carbocycles. The zero-order valence-corrected chi connectivity index (χ0v) is 13.4. The Balaban J connectivity index is 1.60. The molecule has 3 heterocycles. The molecule has 1 aliphatic carbocycles. The van der Waals surface area contributed by atoms with Crippen LogP contribution >= 0.6 is 0 Å². The second-order valence-electron chi connectivity index (χ2n) is 6.22. The van der Waals surface area contributed by atoms with Gasteiger partial charge >= 0.3 is 11.1 Å². The fraction of sp³-hybridized carbons (Fsp3) is 0.294. The average Bonchev–Trinajstić information content (AvgIpc) is 3.23. The smallest absolute Gasteiger partial charge is 0.303 e. The van der Waals surface area contributed by atoms with Crippen LogP contribution in [0.2, 0.25) is 0 Å². The topological polar surface area (TPSA) is 74.7 Å². The summed E-state index contributed by atoms with van der Waals surface area (Å²) in [6.07, 6.45) is 9.31. The van der Waals surface area contributed by atoms with Crippen molar-refractivity contribution in [3.63, 3.8) is 0 Å². The van der Waals surface area contributed by atoms with Crippen molar-refractivity contribution in [2.45, 2.75) is 24.9 Å². The van der Waals surface area contributed by atoms with Crippen LogP contribution in [0.1, 0.15) is 18.5 Å². The van der Waals surface area contributed by atoms with Crippen LogP contribution in [0.15, 0.2) is 58.8 Å². The fourth-order valence-electron chi connectivity index (χ4n) is 2.83. The summed E-state index contributed by atoms with van der Waals surface area (Å²) >= 11 is 0. The number of hydrogen-bond donors (Lipinski definition) is 0. The van der Waals surface area contributed by atoms with Gasteiger partial charge in [-0.2, -0.15) is 5.10 Å². The Morgan fingerprint density at radius 2 is 1.96 bits per heavy atom. The van der Waals surface area contributed by atoms with Crippen LogP contribution < -0.4 is 11.1 Å². The molecule has 0 saturated heterocycles. The Labute approximate surface area is 142 Å². The van der Waals surface area contributed by atoms with E-state index in [0.717, 1.165) is 5.69 Å². The lowest BCUT2D eigenvalue weighted by Crippen LogP contribution is -2.45. The third-order valence-corrected chi connectivity index (χ3v) is 4.56. The van der Waals surface area contributed by atoms with Gasteiger partial charge in [0.15, 0.2) is 0 Å². The summed E-state index contributed by atoms with van der Waals surface area (Å²) in [5.41, 5.74) is -0.721. The lowest BCUT2D eigenvalue weighted by Gasteiger charge is -2.15. The van der Waals surface area contributed by atoms with Crippen LogP contribution in [0.5, 0.6) is 0 Å². The molecule has 0 bridgehead atoms. The van der Waals surface area contributed by atoms with Crippen molar-refractivity contribution >= 4 is 0 Å². The molecule has 1 fully saturated rings.